The fourth-order valence-electron chi connectivity index (χ4n) is 3.35. The molecule has 3 rings (SSSR count). The number of halogens is 2. The highest BCUT2D eigenvalue weighted by Crippen LogP contribution is 2.32. The zero-order chi connectivity index (χ0) is 18.9. The molecule has 0 spiro atoms. The molecule has 26 heavy (non-hydrogen) atoms. The fraction of sp³-hybridized carbons (Fsp3) is 0.381. The van der Waals surface area contributed by atoms with Crippen LogP contribution in [0.4, 0.5) is 14.5 Å². The van der Waals surface area contributed by atoms with Crippen LogP contribution in [0.15, 0.2) is 42.5 Å². The van der Waals surface area contributed by atoms with E-state index >= 15 is 0 Å². The number of nitrogens with zero attached hydrogens (tertiary/aromatic N) is 2. The number of hydrogen-bond acceptors (Lipinski definition) is 2. The third kappa shape index (κ3) is 3.71. The van der Waals surface area contributed by atoms with Crippen LogP contribution in [0.5, 0.6) is 0 Å². The SMILES string of the molecule is CC(C)(C)c1ccccc1N1CCN(C(=O)c2ccc(F)c(F)c2)CC1. The van der Waals surface area contributed by atoms with Gasteiger partial charge in [-0.05, 0) is 35.2 Å². The molecule has 1 saturated heterocycles. The van der Waals surface area contributed by atoms with Gasteiger partial charge in [0.15, 0.2) is 11.6 Å². The van der Waals surface area contributed by atoms with E-state index in [1.165, 1.54) is 17.3 Å². The van der Waals surface area contributed by atoms with Crippen molar-refractivity contribution in [1.82, 2.24) is 4.90 Å². The van der Waals surface area contributed by atoms with Crippen molar-refractivity contribution in [3.05, 3.63) is 65.2 Å². The summed E-state index contributed by atoms with van der Waals surface area (Å²) in [5.74, 6) is -2.19. The lowest BCUT2D eigenvalue weighted by Gasteiger charge is -2.38. The highest BCUT2D eigenvalue weighted by atomic mass is 19.2. The molecule has 0 radical (unpaired) electrons. The summed E-state index contributed by atoms with van der Waals surface area (Å²) in [5, 5.41) is 0. The summed E-state index contributed by atoms with van der Waals surface area (Å²) >= 11 is 0. The molecule has 0 saturated carbocycles. The molecule has 3 nitrogen and oxygen atoms in total. The standard InChI is InChI=1S/C21H24F2N2O/c1-21(2,3)16-6-4-5-7-19(16)24-10-12-25(13-11-24)20(26)15-8-9-17(22)18(23)14-15/h4-9,14H,10-13H2,1-3H3. The second-order valence-corrected chi connectivity index (χ2v) is 7.68. The Hall–Kier alpha value is -2.43. The first-order chi connectivity index (χ1) is 12.3. The Balaban J connectivity index is 1.72. The molecule has 1 amide bonds. The van der Waals surface area contributed by atoms with Gasteiger partial charge in [0.05, 0.1) is 0 Å². The van der Waals surface area contributed by atoms with Crippen LogP contribution < -0.4 is 4.90 Å². The van der Waals surface area contributed by atoms with Crippen LogP contribution in [0.3, 0.4) is 0 Å². The number of para-hydroxylation sites is 1. The summed E-state index contributed by atoms with van der Waals surface area (Å²) in [5.41, 5.74) is 2.70. The Morgan fingerprint density at radius 3 is 2.19 bits per heavy atom. The van der Waals surface area contributed by atoms with Crippen LogP contribution in [-0.2, 0) is 5.41 Å². The van der Waals surface area contributed by atoms with Crippen molar-refractivity contribution >= 4 is 11.6 Å². The highest BCUT2D eigenvalue weighted by Gasteiger charge is 2.26. The van der Waals surface area contributed by atoms with E-state index in [4.69, 9.17) is 0 Å². The Kier molecular flexibility index (Phi) is 4.99. The summed E-state index contributed by atoms with van der Waals surface area (Å²) in [6, 6.07) is 11.7. The Labute approximate surface area is 153 Å². The molecule has 0 bridgehead atoms. The van der Waals surface area contributed by atoms with Gasteiger partial charge >= 0.3 is 0 Å². The van der Waals surface area contributed by atoms with Crippen LogP contribution in [-0.4, -0.2) is 37.0 Å². The van der Waals surface area contributed by atoms with Gasteiger partial charge in [0.1, 0.15) is 0 Å². The minimum atomic E-state index is -0.992. The Morgan fingerprint density at radius 2 is 1.58 bits per heavy atom. The van der Waals surface area contributed by atoms with Crippen molar-refractivity contribution < 1.29 is 13.6 Å². The van der Waals surface area contributed by atoms with Crippen LogP contribution in [0.25, 0.3) is 0 Å². The number of amides is 1. The molecule has 1 aliphatic rings. The maximum Gasteiger partial charge on any atom is 0.254 e. The first-order valence-corrected chi connectivity index (χ1v) is 8.86. The Morgan fingerprint density at radius 1 is 0.923 bits per heavy atom. The minimum Gasteiger partial charge on any atom is -0.368 e. The summed E-state index contributed by atoms with van der Waals surface area (Å²) in [6.07, 6.45) is 0. The van der Waals surface area contributed by atoms with Gasteiger partial charge < -0.3 is 9.80 Å². The molecular formula is C21H24F2N2O. The van der Waals surface area contributed by atoms with E-state index < -0.39 is 11.6 Å². The molecule has 2 aromatic rings. The number of rotatable bonds is 2. The monoisotopic (exact) mass is 358 g/mol. The van der Waals surface area contributed by atoms with Gasteiger partial charge in [0, 0.05) is 37.4 Å². The zero-order valence-corrected chi connectivity index (χ0v) is 15.4. The minimum absolute atomic E-state index is 0.0369. The maximum atomic E-state index is 13.4. The summed E-state index contributed by atoms with van der Waals surface area (Å²) in [4.78, 5) is 16.5. The lowest BCUT2D eigenvalue weighted by atomic mass is 9.85. The van der Waals surface area contributed by atoms with E-state index in [9.17, 15) is 13.6 Å². The van der Waals surface area contributed by atoms with Crippen molar-refractivity contribution in [2.45, 2.75) is 26.2 Å². The molecule has 0 aliphatic carbocycles. The quantitative estimate of drug-likeness (QED) is 0.802. The van der Waals surface area contributed by atoms with Crippen molar-refractivity contribution in [2.75, 3.05) is 31.1 Å². The van der Waals surface area contributed by atoms with Crippen molar-refractivity contribution in [2.24, 2.45) is 0 Å². The summed E-state index contributed by atoms with van der Waals surface area (Å²) in [6.45, 7) is 9.09. The number of carbonyl (C=O) groups is 1. The van der Waals surface area contributed by atoms with Crippen molar-refractivity contribution in [1.29, 1.82) is 0 Å². The van der Waals surface area contributed by atoms with Gasteiger partial charge in [0.2, 0.25) is 0 Å². The lowest BCUT2D eigenvalue weighted by Crippen LogP contribution is -2.49. The van der Waals surface area contributed by atoms with E-state index in [2.05, 4.69) is 37.8 Å². The predicted octanol–water partition coefficient (Wildman–Crippen LogP) is 4.22. The van der Waals surface area contributed by atoms with Crippen LogP contribution >= 0.6 is 0 Å². The molecule has 138 valence electrons. The highest BCUT2D eigenvalue weighted by molar-refractivity contribution is 5.94. The first-order valence-electron chi connectivity index (χ1n) is 8.86. The van der Waals surface area contributed by atoms with Gasteiger partial charge in [-0.3, -0.25) is 4.79 Å². The summed E-state index contributed by atoms with van der Waals surface area (Å²) in [7, 11) is 0. The van der Waals surface area contributed by atoms with E-state index in [0.29, 0.717) is 26.2 Å². The van der Waals surface area contributed by atoms with E-state index in [1.54, 1.807) is 4.90 Å². The molecule has 2 aromatic carbocycles. The third-order valence-electron chi connectivity index (χ3n) is 4.79. The number of carbonyl (C=O) groups excluding carboxylic acids is 1. The molecule has 1 fully saturated rings. The van der Waals surface area contributed by atoms with Gasteiger partial charge in [0.25, 0.3) is 5.91 Å². The van der Waals surface area contributed by atoms with Crippen molar-refractivity contribution in [3.63, 3.8) is 0 Å². The molecule has 0 N–H and O–H groups in total. The second-order valence-electron chi connectivity index (χ2n) is 7.68. The molecule has 0 aromatic heterocycles. The molecule has 1 aliphatic heterocycles. The van der Waals surface area contributed by atoms with E-state index in [0.717, 1.165) is 12.1 Å². The average molecular weight is 358 g/mol. The smallest absolute Gasteiger partial charge is 0.254 e. The van der Waals surface area contributed by atoms with Crippen LogP contribution in [0.2, 0.25) is 0 Å². The topological polar surface area (TPSA) is 23.6 Å². The predicted molar refractivity (Wildman–Crippen MR) is 99.6 cm³/mol. The molecule has 1 heterocycles. The largest absolute Gasteiger partial charge is 0.368 e. The zero-order valence-electron chi connectivity index (χ0n) is 15.4. The number of anilines is 1. The van der Waals surface area contributed by atoms with Gasteiger partial charge in [-0.1, -0.05) is 39.0 Å². The summed E-state index contributed by atoms with van der Waals surface area (Å²) < 4.78 is 26.5. The number of benzene rings is 2. The first kappa shape index (κ1) is 18.4. The third-order valence-corrected chi connectivity index (χ3v) is 4.79. The van der Waals surface area contributed by atoms with E-state index in [-0.39, 0.29) is 16.9 Å². The fourth-order valence-corrected chi connectivity index (χ4v) is 3.35. The Bertz CT molecular complexity index is 806. The second kappa shape index (κ2) is 7.06. The average Bonchev–Trinajstić information content (AvgIpc) is 2.63. The van der Waals surface area contributed by atoms with Gasteiger partial charge in [-0.15, -0.1) is 0 Å². The number of piperazine rings is 1. The van der Waals surface area contributed by atoms with Crippen molar-refractivity contribution in [3.8, 4) is 0 Å². The van der Waals surface area contributed by atoms with Crippen LogP contribution in [0, 0.1) is 11.6 Å². The lowest BCUT2D eigenvalue weighted by molar-refractivity contribution is 0.0746. The van der Waals surface area contributed by atoms with E-state index in [1.807, 2.05) is 12.1 Å². The number of hydrogen-bond donors (Lipinski definition) is 0. The maximum absolute atomic E-state index is 13.4. The molecule has 5 heteroatoms. The van der Waals surface area contributed by atoms with Crippen LogP contribution in [0.1, 0.15) is 36.7 Å². The molecular weight excluding hydrogens is 334 g/mol. The van der Waals surface area contributed by atoms with Gasteiger partial charge in [-0.2, -0.15) is 0 Å². The molecule has 0 atom stereocenters. The van der Waals surface area contributed by atoms with Gasteiger partial charge in [-0.25, -0.2) is 8.78 Å². The molecule has 0 unspecified atom stereocenters. The normalized spacial score (nSPS) is 15.3.